The number of alkyl halides is 3. The smallest absolute Gasteiger partial charge is 0.379 e. The van der Waals surface area contributed by atoms with Crippen LogP contribution in [-0.4, -0.2) is 40.3 Å². The van der Waals surface area contributed by atoms with E-state index in [-0.39, 0.29) is 22.7 Å². The third-order valence-electron chi connectivity index (χ3n) is 4.64. The van der Waals surface area contributed by atoms with Crippen molar-refractivity contribution in [2.24, 2.45) is 7.05 Å². The van der Waals surface area contributed by atoms with Crippen molar-refractivity contribution < 1.29 is 22.3 Å². The number of nitrogens with zero attached hydrogens (tertiary/aromatic N) is 4. The predicted octanol–water partition coefficient (Wildman–Crippen LogP) is 1.40. The van der Waals surface area contributed by atoms with Gasteiger partial charge in [0.2, 0.25) is 0 Å². The molecule has 3 rings (SSSR count). The molecule has 2 heterocycles. The molecule has 0 bridgehead atoms. The van der Waals surface area contributed by atoms with Crippen LogP contribution in [0.5, 0.6) is 0 Å². The Morgan fingerprint density at radius 3 is 2.41 bits per heavy atom. The lowest BCUT2D eigenvalue weighted by Crippen LogP contribution is -2.41. The molecular formula is C18H16F4N4O3. The summed E-state index contributed by atoms with van der Waals surface area (Å²) in [6.45, 7) is 2.33. The van der Waals surface area contributed by atoms with E-state index in [2.05, 4.69) is 0 Å². The van der Waals surface area contributed by atoms with Crippen LogP contribution in [0.2, 0.25) is 0 Å². The molecule has 29 heavy (non-hydrogen) atoms. The standard InChI is InChI=1S/C18H16F4N4O3/c1-24-15(18(20,21)22)8-16(27)26(17(24)28)14-7-12(11(9-23)6-13(14)19)10-25-2-4-29-5-3-25/h6-8H,2-5,10H2,1H3. The molecule has 1 aliphatic rings. The van der Waals surface area contributed by atoms with Crippen molar-refractivity contribution in [3.63, 3.8) is 0 Å². The lowest BCUT2D eigenvalue weighted by Gasteiger charge is -2.27. The van der Waals surface area contributed by atoms with Crippen LogP contribution in [0.15, 0.2) is 27.8 Å². The fourth-order valence-electron chi connectivity index (χ4n) is 3.13. The summed E-state index contributed by atoms with van der Waals surface area (Å²) < 4.78 is 59.4. The minimum atomic E-state index is -4.92. The number of hydrogen-bond donors (Lipinski definition) is 0. The average molecular weight is 412 g/mol. The zero-order valence-corrected chi connectivity index (χ0v) is 15.3. The maximum absolute atomic E-state index is 14.6. The number of aromatic nitrogens is 2. The van der Waals surface area contributed by atoms with E-state index in [1.807, 2.05) is 11.0 Å². The summed E-state index contributed by atoms with van der Waals surface area (Å²) in [6.07, 6.45) is -4.92. The third kappa shape index (κ3) is 4.08. The molecule has 7 nitrogen and oxygen atoms in total. The van der Waals surface area contributed by atoms with Crippen LogP contribution in [0.4, 0.5) is 17.6 Å². The van der Waals surface area contributed by atoms with Crippen LogP contribution in [0.25, 0.3) is 5.69 Å². The highest BCUT2D eigenvalue weighted by atomic mass is 19.4. The van der Waals surface area contributed by atoms with Gasteiger partial charge in [-0.1, -0.05) is 0 Å². The first-order valence-electron chi connectivity index (χ1n) is 8.56. The zero-order chi connectivity index (χ0) is 21.3. The summed E-state index contributed by atoms with van der Waals surface area (Å²) in [5, 5.41) is 9.29. The van der Waals surface area contributed by atoms with Gasteiger partial charge in [0.15, 0.2) is 0 Å². The third-order valence-corrected chi connectivity index (χ3v) is 4.64. The quantitative estimate of drug-likeness (QED) is 0.712. The highest BCUT2D eigenvalue weighted by Crippen LogP contribution is 2.27. The van der Waals surface area contributed by atoms with E-state index in [0.29, 0.717) is 36.4 Å². The first-order valence-corrected chi connectivity index (χ1v) is 8.56. The van der Waals surface area contributed by atoms with Gasteiger partial charge in [-0.3, -0.25) is 14.3 Å². The number of nitriles is 1. The molecule has 1 aliphatic heterocycles. The zero-order valence-electron chi connectivity index (χ0n) is 15.3. The molecule has 0 atom stereocenters. The summed E-state index contributed by atoms with van der Waals surface area (Å²) in [6, 6.07) is 4.12. The van der Waals surface area contributed by atoms with Crippen LogP contribution >= 0.6 is 0 Å². The molecule has 154 valence electrons. The van der Waals surface area contributed by atoms with Crippen LogP contribution in [-0.2, 0) is 24.5 Å². The van der Waals surface area contributed by atoms with Gasteiger partial charge in [0.1, 0.15) is 11.5 Å². The molecule has 2 aromatic rings. The van der Waals surface area contributed by atoms with Crippen molar-refractivity contribution in [3.8, 4) is 11.8 Å². The van der Waals surface area contributed by atoms with Crippen LogP contribution < -0.4 is 11.2 Å². The predicted molar refractivity (Wildman–Crippen MR) is 93.1 cm³/mol. The van der Waals surface area contributed by atoms with Gasteiger partial charge < -0.3 is 4.74 Å². The maximum atomic E-state index is 14.6. The molecule has 1 aromatic carbocycles. The Bertz CT molecular complexity index is 1090. The van der Waals surface area contributed by atoms with Crippen molar-refractivity contribution in [1.29, 1.82) is 5.26 Å². The number of halogens is 4. The molecule has 0 radical (unpaired) electrons. The Kier molecular flexibility index (Phi) is 5.59. The molecule has 0 saturated carbocycles. The fraction of sp³-hybridized carbons (Fsp3) is 0.389. The summed E-state index contributed by atoms with van der Waals surface area (Å²) >= 11 is 0. The molecule has 0 aliphatic carbocycles. The molecule has 0 unspecified atom stereocenters. The van der Waals surface area contributed by atoms with Crippen LogP contribution in [0, 0.1) is 17.1 Å². The average Bonchev–Trinajstić information content (AvgIpc) is 2.66. The van der Waals surface area contributed by atoms with E-state index in [1.54, 1.807) is 0 Å². The van der Waals surface area contributed by atoms with Crippen molar-refractivity contribution in [2.45, 2.75) is 12.7 Å². The van der Waals surface area contributed by atoms with Gasteiger partial charge in [0, 0.05) is 32.7 Å². The molecule has 1 saturated heterocycles. The minimum absolute atomic E-state index is 0.00882. The molecule has 1 fully saturated rings. The number of ether oxygens (including phenoxy) is 1. The second-order valence-electron chi connectivity index (χ2n) is 6.50. The van der Waals surface area contributed by atoms with Gasteiger partial charge in [-0.15, -0.1) is 0 Å². The normalized spacial score (nSPS) is 15.3. The Morgan fingerprint density at radius 1 is 1.17 bits per heavy atom. The van der Waals surface area contributed by atoms with Crippen molar-refractivity contribution in [2.75, 3.05) is 26.3 Å². The Morgan fingerprint density at radius 2 is 1.83 bits per heavy atom. The maximum Gasteiger partial charge on any atom is 0.431 e. The van der Waals surface area contributed by atoms with E-state index in [1.165, 1.54) is 0 Å². The van der Waals surface area contributed by atoms with E-state index in [4.69, 9.17) is 4.74 Å². The fourth-order valence-corrected chi connectivity index (χ4v) is 3.13. The van der Waals surface area contributed by atoms with Gasteiger partial charge in [-0.05, 0) is 17.7 Å². The minimum Gasteiger partial charge on any atom is -0.379 e. The number of hydrogen-bond acceptors (Lipinski definition) is 5. The first kappa shape index (κ1) is 20.8. The van der Waals surface area contributed by atoms with E-state index < -0.39 is 34.6 Å². The van der Waals surface area contributed by atoms with Crippen molar-refractivity contribution >= 4 is 0 Å². The van der Waals surface area contributed by atoms with Crippen LogP contribution in [0.3, 0.4) is 0 Å². The second-order valence-corrected chi connectivity index (χ2v) is 6.50. The van der Waals surface area contributed by atoms with E-state index in [0.717, 1.165) is 19.2 Å². The van der Waals surface area contributed by atoms with Crippen molar-refractivity contribution in [3.05, 3.63) is 61.7 Å². The summed E-state index contributed by atoms with van der Waals surface area (Å²) in [7, 11) is 0.845. The summed E-state index contributed by atoms with van der Waals surface area (Å²) in [5.74, 6) is -1.06. The number of rotatable bonds is 3. The largest absolute Gasteiger partial charge is 0.431 e. The topological polar surface area (TPSA) is 80.3 Å². The Hall–Kier alpha value is -2.97. The molecular weight excluding hydrogens is 396 g/mol. The molecule has 0 spiro atoms. The SMILES string of the molecule is Cn1c(C(F)(F)F)cc(=O)n(-c2cc(CN3CCOCC3)c(C#N)cc2F)c1=O. The van der Waals surface area contributed by atoms with Gasteiger partial charge in [0.25, 0.3) is 5.56 Å². The molecule has 1 aromatic heterocycles. The molecule has 0 amide bonds. The van der Waals surface area contributed by atoms with Gasteiger partial charge >= 0.3 is 11.9 Å². The highest BCUT2D eigenvalue weighted by Gasteiger charge is 2.35. The summed E-state index contributed by atoms with van der Waals surface area (Å²) in [5.41, 5.74) is -4.25. The van der Waals surface area contributed by atoms with Gasteiger partial charge in [0.05, 0.1) is 30.5 Å². The number of benzene rings is 1. The second kappa shape index (κ2) is 7.81. The van der Waals surface area contributed by atoms with Crippen LogP contribution in [0.1, 0.15) is 16.8 Å². The number of morpholine rings is 1. The summed E-state index contributed by atoms with van der Waals surface area (Å²) in [4.78, 5) is 26.6. The first-order chi connectivity index (χ1) is 13.6. The van der Waals surface area contributed by atoms with E-state index >= 15 is 0 Å². The Labute approximate surface area is 162 Å². The highest BCUT2D eigenvalue weighted by molar-refractivity contribution is 5.47. The van der Waals surface area contributed by atoms with Crippen molar-refractivity contribution in [1.82, 2.24) is 14.0 Å². The molecule has 0 N–H and O–H groups in total. The van der Waals surface area contributed by atoms with E-state index in [9.17, 15) is 32.4 Å². The van der Waals surface area contributed by atoms with Gasteiger partial charge in [-0.25, -0.2) is 13.8 Å². The lowest BCUT2D eigenvalue weighted by molar-refractivity contribution is -0.144. The van der Waals surface area contributed by atoms with Gasteiger partial charge in [-0.2, -0.15) is 18.4 Å². The lowest BCUT2D eigenvalue weighted by atomic mass is 10.1. The monoisotopic (exact) mass is 412 g/mol. The molecule has 11 heteroatoms. The Balaban J connectivity index is 2.15.